The van der Waals surface area contributed by atoms with Crippen molar-refractivity contribution in [3.8, 4) is 5.75 Å². The van der Waals surface area contributed by atoms with Gasteiger partial charge in [0.15, 0.2) is 5.78 Å². The summed E-state index contributed by atoms with van der Waals surface area (Å²) in [6, 6.07) is 22.0. The molecule has 3 heteroatoms. The van der Waals surface area contributed by atoms with E-state index in [9.17, 15) is 9.18 Å². The molecule has 0 fully saturated rings. The minimum Gasteiger partial charge on any atom is -0.494 e. The summed E-state index contributed by atoms with van der Waals surface area (Å²) >= 11 is 0. The number of carbonyl (C=O) groups excluding carboxylic acids is 1. The zero-order chi connectivity index (χ0) is 22.6. The standard InChI is InChI=1S/C29H30FO2/c1-2-23-8-10-24(11-9-23)7-5-3-4-6-22-32-28-19-12-25(13-20-28)14-21-29(31)26-15-17-27(30)18-16-26/h8-21H,1-7,22H2/b21-14+. The molecule has 3 aromatic carbocycles. The molecule has 2 nitrogen and oxygen atoms in total. The van der Waals surface area contributed by atoms with Crippen LogP contribution in [0.25, 0.3) is 6.08 Å². The van der Waals surface area contributed by atoms with Gasteiger partial charge in [-0.25, -0.2) is 4.39 Å². The Kier molecular flexibility index (Phi) is 9.24. The number of unbranched alkanes of at least 4 members (excludes halogenated alkanes) is 3. The molecule has 0 unspecified atom stereocenters. The summed E-state index contributed by atoms with van der Waals surface area (Å²) in [6.45, 7) is 4.61. The van der Waals surface area contributed by atoms with Gasteiger partial charge >= 0.3 is 0 Å². The molecule has 32 heavy (non-hydrogen) atoms. The molecule has 0 bridgehead atoms. The first-order chi connectivity index (χ1) is 15.6. The molecule has 0 N–H and O–H groups in total. The maximum Gasteiger partial charge on any atom is 0.185 e. The van der Waals surface area contributed by atoms with Crippen molar-refractivity contribution in [2.75, 3.05) is 6.61 Å². The zero-order valence-electron chi connectivity index (χ0n) is 18.4. The van der Waals surface area contributed by atoms with E-state index in [2.05, 4.69) is 31.2 Å². The number of aryl methyl sites for hydroxylation is 1. The van der Waals surface area contributed by atoms with Crippen LogP contribution >= 0.6 is 0 Å². The van der Waals surface area contributed by atoms with Gasteiger partial charge in [0.05, 0.1) is 6.61 Å². The Hall–Kier alpha value is -3.20. The summed E-state index contributed by atoms with van der Waals surface area (Å²) in [4.78, 5) is 12.1. The minimum atomic E-state index is -0.350. The summed E-state index contributed by atoms with van der Waals surface area (Å²) < 4.78 is 18.8. The quantitative estimate of drug-likeness (QED) is 0.172. The second-order valence-corrected chi connectivity index (χ2v) is 7.85. The molecule has 0 amide bonds. The van der Waals surface area contributed by atoms with Crippen LogP contribution in [-0.4, -0.2) is 12.4 Å². The SMILES string of the molecule is [CH2]Cc1ccc(CCCCCCOc2ccc(/C=C/C(=O)c3ccc(F)cc3)cc2)cc1. The van der Waals surface area contributed by atoms with Gasteiger partial charge in [-0.1, -0.05) is 55.3 Å². The normalized spacial score (nSPS) is 11.1. The largest absolute Gasteiger partial charge is 0.494 e. The van der Waals surface area contributed by atoms with Crippen LogP contribution in [-0.2, 0) is 12.8 Å². The lowest BCUT2D eigenvalue weighted by atomic mass is 10.0. The van der Waals surface area contributed by atoms with Crippen LogP contribution < -0.4 is 4.74 Å². The minimum absolute atomic E-state index is 0.152. The second-order valence-electron chi connectivity index (χ2n) is 7.85. The highest BCUT2D eigenvalue weighted by Crippen LogP contribution is 2.15. The van der Waals surface area contributed by atoms with E-state index in [1.54, 1.807) is 6.08 Å². The molecule has 3 rings (SSSR count). The number of ketones is 1. The lowest BCUT2D eigenvalue weighted by Crippen LogP contribution is -1.97. The van der Waals surface area contributed by atoms with E-state index in [0.717, 1.165) is 37.0 Å². The molecule has 1 radical (unpaired) electrons. The Morgan fingerprint density at radius 3 is 2.16 bits per heavy atom. The molecule has 0 aliphatic heterocycles. The Labute approximate surface area is 190 Å². The highest BCUT2D eigenvalue weighted by atomic mass is 19.1. The molecule has 3 aromatic rings. The fourth-order valence-electron chi connectivity index (χ4n) is 3.40. The fourth-order valence-corrected chi connectivity index (χ4v) is 3.40. The summed E-state index contributed by atoms with van der Waals surface area (Å²) in [5.74, 6) is 0.329. The third-order valence-corrected chi connectivity index (χ3v) is 5.38. The maximum atomic E-state index is 12.9. The molecule has 0 aliphatic rings. The summed E-state index contributed by atoms with van der Waals surface area (Å²) in [7, 11) is 0. The van der Waals surface area contributed by atoms with E-state index in [4.69, 9.17) is 4.74 Å². The molecule has 0 atom stereocenters. The topological polar surface area (TPSA) is 26.3 Å². The van der Waals surface area contributed by atoms with Crippen LogP contribution in [0.5, 0.6) is 5.75 Å². The van der Waals surface area contributed by atoms with Crippen LogP contribution in [0.3, 0.4) is 0 Å². The summed E-state index contributed by atoms with van der Waals surface area (Å²) in [5, 5.41) is 0. The number of rotatable bonds is 12. The number of ether oxygens (including phenoxy) is 1. The number of benzene rings is 3. The average Bonchev–Trinajstić information content (AvgIpc) is 2.83. The van der Waals surface area contributed by atoms with Gasteiger partial charge in [-0.2, -0.15) is 0 Å². The number of hydrogen-bond donors (Lipinski definition) is 0. The number of allylic oxidation sites excluding steroid dienone is 1. The molecule has 0 aromatic heterocycles. The van der Waals surface area contributed by atoms with E-state index >= 15 is 0 Å². The first-order valence-electron chi connectivity index (χ1n) is 11.2. The van der Waals surface area contributed by atoms with Gasteiger partial charge < -0.3 is 4.74 Å². The molecule has 165 valence electrons. The molecule has 0 saturated carbocycles. The Morgan fingerprint density at radius 1 is 0.812 bits per heavy atom. The van der Waals surface area contributed by atoms with E-state index in [0.29, 0.717) is 12.2 Å². The predicted octanol–water partition coefficient (Wildman–Crippen LogP) is 7.28. The lowest BCUT2D eigenvalue weighted by Gasteiger charge is -2.07. The van der Waals surface area contributed by atoms with Crippen molar-refractivity contribution in [2.24, 2.45) is 0 Å². The van der Waals surface area contributed by atoms with Crippen molar-refractivity contribution >= 4 is 11.9 Å². The number of halogens is 1. The molecule has 0 heterocycles. The van der Waals surface area contributed by atoms with Gasteiger partial charge in [-0.3, -0.25) is 4.79 Å². The van der Waals surface area contributed by atoms with Crippen molar-refractivity contribution in [2.45, 2.75) is 38.5 Å². The van der Waals surface area contributed by atoms with Crippen molar-refractivity contribution in [3.63, 3.8) is 0 Å². The van der Waals surface area contributed by atoms with Gasteiger partial charge in [0.25, 0.3) is 0 Å². The molecular weight excluding hydrogens is 399 g/mol. The van der Waals surface area contributed by atoms with Crippen LogP contribution in [0.1, 0.15) is 52.7 Å². The first-order valence-corrected chi connectivity index (χ1v) is 11.2. The Morgan fingerprint density at radius 2 is 1.47 bits per heavy atom. The van der Waals surface area contributed by atoms with Gasteiger partial charge in [0.2, 0.25) is 0 Å². The smallest absolute Gasteiger partial charge is 0.185 e. The molecule has 0 spiro atoms. The van der Waals surface area contributed by atoms with Crippen molar-refractivity contribution in [1.82, 2.24) is 0 Å². The van der Waals surface area contributed by atoms with Crippen molar-refractivity contribution in [1.29, 1.82) is 0 Å². The van der Waals surface area contributed by atoms with Crippen LogP contribution in [0, 0.1) is 12.7 Å². The van der Waals surface area contributed by atoms with E-state index in [1.165, 1.54) is 54.3 Å². The van der Waals surface area contributed by atoms with Crippen LogP contribution in [0.15, 0.2) is 78.9 Å². The highest BCUT2D eigenvalue weighted by molar-refractivity contribution is 6.06. The Bertz CT molecular complexity index is 987. The second kappa shape index (κ2) is 12.6. The third-order valence-electron chi connectivity index (χ3n) is 5.38. The highest BCUT2D eigenvalue weighted by Gasteiger charge is 2.02. The molecular formula is C29H30FO2. The monoisotopic (exact) mass is 429 g/mol. The average molecular weight is 430 g/mol. The van der Waals surface area contributed by atoms with Crippen molar-refractivity contribution < 1.29 is 13.9 Å². The van der Waals surface area contributed by atoms with Gasteiger partial charge in [0, 0.05) is 5.56 Å². The van der Waals surface area contributed by atoms with Gasteiger partial charge in [-0.05, 0) is 91.8 Å². The summed E-state index contributed by atoms with van der Waals surface area (Å²) in [6.07, 6.45) is 9.81. The maximum absolute atomic E-state index is 12.9. The van der Waals surface area contributed by atoms with E-state index in [1.807, 2.05) is 24.3 Å². The molecule has 0 aliphatic carbocycles. The molecule has 0 saturated heterocycles. The zero-order valence-corrected chi connectivity index (χ0v) is 18.4. The summed E-state index contributed by atoms with van der Waals surface area (Å²) in [5.41, 5.74) is 4.06. The van der Waals surface area contributed by atoms with E-state index < -0.39 is 0 Å². The number of carbonyl (C=O) groups is 1. The predicted molar refractivity (Wildman–Crippen MR) is 129 cm³/mol. The first kappa shape index (κ1) is 23.5. The lowest BCUT2D eigenvalue weighted by molar-refractivity contribution is 0.104. The van der Waals surface area contributed by atoms with Crippen LogP contribution in [0.4, 0.5) is 4.39 Å². The van der Waals surface area contributed by atoms with Gasteiger partial charge in [0.1, 0.15) is 11.6 Å². The Balaban J connectivity index is 1.31. The third kappa shape index (κ3) is 7.81. The fraction of sp³-hybridized carbons (Fsp3) is 0.241. The van der Waals surface area contributed by atoms with Gasteiger partial charge in [-0.15, -0.1) is 0 Å². The van der Waals surface area contributed by atoms with Crippen molar-refractivity contribution in [3.05, 3.63) is 114 Å². The van der Waals surface area contributed by atoms with Crippen LogP contribution in [0.2, 0.25) is 0 Å². The number of hydrogen-bond acceptors (Lipinski definition) is 2. The van der Waals surface area contributed by atoms with E-state index in [-0.39, 0.29) is 11.6 Å².